The second-order valence-electron chi connectivity index (χ2n) is 9.61. The van der Waals surface area contributed by atoms with Crippen LogP contribution in [-0.2, 0) is 22.4 Å². The Labute approximate surface area is 214 Å². The van der Waals surface area contributed by atoms with Crippen LogP contribution in [0.5, 0.6) is 11.6 Å². The SMILES string of the molecule is CC(N)COc1cc(C#N)c2c(c1)CC(CNCCC1CN(c3cnc4c(n3)NC(=O)CO4)C(=O)O1)C2. The average Bonchev–Trinajstić information content (AvgIpc) is 3.47. The van der Waals surface area contributed by atoms with E-state index in [2.05, 4.69) is 26.7 Å². The van der Waals surface area contributed by atoms with Gasteiger partial charge in [-0.1, -0.05) is 0 Å². The zero-order valence-electron chi connectivity index (χ0n) is 20.5. The summed E-state index contributed by atoms with van der Waals surface area (Å²) in [6.45, 7) is 3.97. The zero-order valence-corrected chi connectivity index (χ0v) is 20.5. The molecule has 0 radical (unpaired) electrons. The van der Waals surface area contributed by atoms with Crippen LogP contribution in [0.1, 0.15) is 30.0 Å². The van der Waals surface area contributed by atoms with Crippen LogP contribution in [0, 0.1) is 17.2 Å². The molecule has 1 aromatic heterocycles. The van der Waals surface area contributed by atoms with Crippen molar-refractivity contribution in [3.8, 4) is 17.7 Å². The number of anilines is 2. The molecule has 37 heavy (non-hydrogen) atoms. The van der Waals surface area contributed by atoms with Crippen molar-refractivity contribution in [1.82, 2.24) is 15.3 Å². The Morgan fingerprint density at radius 3 is 3.05 bits per heavy atom. The Bertz CT molecular complexity index is 1240. The van der Waals surface area contributed by atoms with Crippen molar-refractivity contribution in [3.05, 3.63) is 35.0 Å². The monoisotopic (exact) mass is 507 g/mol. The summed E-state index contributed by atoms with van der Waals surface area (Å²) < 4.78 is 16.5. The molecule has 2 amide bonds. The minimum atomic E-state index is -0.500. The van der Waals surface area contributed by atoms with Crippen molar-refractivity contribution in [3.63, 3.8) is 0 Å². The van der Waals surface area contributed by atoms with Crippen molar-refractivity contribution in [1.29, 1.82) is 5.26 Å². The molecule has 1 saturated heterocycles. The highest BCUT2D eigenvalue weighted by Gasteiger charge is 2.34. The summed E-state index contributed by atoms with van der Waals surface area (Å²) in [4.78, 5) is 33.8. The lowest BCUT2D eigenvalue weighted by atomic mass is 10.0. The van der Waals surface area contributed by atoms with Gasteiger partial charge in [0.1, 0.15) is 18.5 Å². The van der Waals surface area contributed by atoms with E-state index in [0.717, 1.165) is 30.5 Å². The largest absolute Gasteiger partial charge is 0.492 e. The Morgan fingerprint density at radius 1 is 1.38 bits per heavy atom. The molecule has 3 unspecified atom stereocenters. The number of benzene rings is 1. The standard InChI is InChI=1S/C25H29N7O5/c1-14(27)12-35-19-6-16-4-15(5-20(16)17(7-19)8-26)9-28-3-2-18-11-32(25(34)37-18)21-10-29-24-23(30-21)31-22(33)13-36-24/h6-7,10,14-15,18,28H,2-5,9,11-13,27H2,1H3,(H,30,31,33). The number of carbonyl (C=O) groups excluding carboxylic acids is 2. The van der Waals surface area contributed by atoms with E-state index in [1.165, 1.54) is 11.1 Å². The predicted octanol–water partition coefficient (Wildman–Crippen LogP) is 1.13. The first-order valence-corrected chi connectivity index (χ1v) is 12.3. The molecular weight excluding hydrogens is 478 g/mol. The van der Waals surface area contributed by atoms with Crippen LogP contribution in [0.4, 0.5) is 16.4 Å². The van der Waals surface area contributed by atoms with Gasteiger partial charge in [0.25, 0.3) is 11.8 Å². The molecule has 2 aliphatic heterocycles. The van der Waals surface area contributed by atoms with E-state index in [9.17, 15) is 14.9 Å². The predicted molar refractivity (Wildman–Crippen MR) is 132 cm³/mol. The smallest absolute Gasteiger partial charge is 0.415 e. The number of nitrogens with zero attached hydrogens (tertiary/aromatic N) is 4. The van der Waals surface area contributed by atoms with Crippen molar-refractivity contribution >= 4 is 23.6 Å². The number of hydrogen-bond acceptors (Lipinski definition) is 10. The maximum atomic E-state index is 12.4. The van der Waals surface area contributed by atoms with Crippen LogP contribution >= 0.6 is 0 Å². The van der Waals surface area contributed by atoms with Gasteiger partial charge in [-0.2, -0.15) is 5.26 Å². The van der Waals surface area contributed by atoms with Gasteiger partial charge in [0, 0.05) is 6.04 Å². The van der Waals surface area contributed by atoms with Crippen LogP contribution in [0.15, 0.2) is 18.3 Å². The lowest BCUT2D eigenvalue weighted by molar-refractivity contribution is -0.118. The number of cyclic esters (lactones) is 1. The fourth-order valence-electron chi connectivity index (χ4n) is 4.77. The third kappa shape index (κ3) is 5.58. The maximum absolute atomic E-state index is 12.4. The summed E-state index contributed by atoms with van der Waals surface area (Å²) in [6.07, 6.45) is 2.98. The highest BCUT2D eigenvalue weighted by Crippen LogP contribution is 2.33. The molecule has 12 nitrogen and oxygen atoms in total. The molecule has 3 atom stereocenters. The number of nitriles is 1. The topological polar surface area (TPSA) is 165 Å². The van der Waals surface area contributed by atoms with Gasteiger partial charge in [0.2, 0.25) is 0 Å². The number of rotatable bonds is 9. The number of hydrogen-bond donors (Lipinski definition) is 3. The van der Waals surface area contributed by atoms with Crippen molar-refractivity contribution in [2.75, 3.05) is 43.1 Å². The van der Waals surface area contributed by atoms with E-state index >= 15 is 0 Å². The number of ether oxygens (including phenoxy) is 3. The van der Waals surface area contributed by atoms with Crippen LogP contribution in [-0.4, -0.2) is 67.0 Å². The molecule has 5 rings (SSSR count). The minimum absolute atomic E-state index is 0.0786. The van der Waals surface area contributed by atoms with Gasteiger partial charge in [0.15, 0.2) is 18.2 Å². The third-order valence-electron chi connectivity index (χ3n) is 6.50. The lowest BCUT2D eigenvalue weighted by Crippen LogP contribution is -2.30. The Balaban J connectivity index is 1.10. The number of nitrogens with two attached hydrogens (primary N) is 1. The zero-order chi connectivity index (χ0) is 25.9. The van der Waals surface area contributed by atoms with Gasteiger partial charge < -0.3 is 30.6 Å². The van der Waals surface area contributed by atoms with Crippen LogP contribution < -0.4 is 30.7 Å². The van der Waals surface area contributed by atoms with Crippen molar-refractivity contribution in [2.24, 2.45) is 11.7 Å². The fourth-order valence-corrected chi connectivity index (χ4v) is 4.77. The van der Waals surface area contributed by atoms with E-state index in [-0.39, 0.29) is 36.4 Å². The fraction of sp³-hybridized carbons (Fsp3) is 0.480. The Kier molecular flexibility index (Phi) is 7.07. The normalized spacial score (nSPS) is 20.8. The highest BCUT2D eigenvalue weighted by molar-refractivity contribution is 5.94. The van der Waals surface area contributed by atoms with Gasteiger partial charge in [0.05, 0.1) is 24.4 Å². The van der Waals surface area contributed by atoms with Gasteiger partial charge in [-0.05, 0) is 68.5 Å². The van der Waals surface area contributed by atoms with Gasteiger partial charge in [-0.3, -0.25) is 9.69 Å². The first-order valence-electron chi connectivity index (χ1n) is 12.3. The third-order valence-corrected chi connectivity index (χ3v) is 6.50. The summed E-state index contributed by atoms with van der Waals surface area (Å²) in [5.41, 5.74) is 8.69. The summed E-state index contributed by atoms with van der Waals surface area (Å²) in [6, 6.07) is 6.04. The second-order valence-corrected chi connectivity index (χ2v) is 9.61. The van der Waals surface area contributed by atoms with E-state index in [0.29, 0.717) is 49.2 Å². The first-order chi connectivity index (χ1) is 17.9. The molecule has 4 N–H and O–H groups in total. The van der Waals surface area contributed by atoms with Crippen molar-refractivity contribution < 1.29 is 23.8 Å². The molecule has 1 aromatic carbocycles. The second kappa shape index (κ2) is 10.6. The molecular formula is C25H29N7O5. The molecule has 2 aromatic rings. The molecule has 1 fully saturated rings. The maximum Gasteiger partial charge on any atom is 0.415 e. The van der Waals surface area contributed by atoms with Gasteiger partial charge >= 0.3 is 6.09 Å². The molecule has 3 aliphatic rings. The molecule has 12 heteroatoms. The molecule has 0 bridgehead atoms. The Hall–Kier alpha value is -3.95. The molecule has 0 saturated carbocycles. The van der Waals surface area contributed by atoms with Crippen LogP contribution in [0.25, 0.3) is 0 Å². The number of carbonyl (C=O) groups is 2. The van der Waals surface area contributed by atoms with Gasteiger partial charge in [-0.15, -0.1) is 0 Å². The first kappa shape index (κ1) is 24.7. The lowest BCUT2D eigenvalue weighted by Gasteiger charge is -2.18. The molecule has 3 heterocycles. The summed E-state index contributed by atoms with van der Waals surface area (Å²) in [5.74, 6) is 1.45. The number of amides is 2. The molecule has 0 spiro atoms. The highest BCUT2D eigenvalue weighted by atomic mass is 16.6. The summed E-state index contributed by atoms with van der Waals surface area (Å²) >= 11 is 0. The van der Waals surface area contributed by atoms with E-state index in [4.69, 9.17) is 19.9 Å². The van der Waals surface area contributed by atoms with Gasteiger partial charge in [-0.25, -0.2) is 14.8 Å². The molecule has 1 aliphatic carbocycles. The quantitative estimate of drug-likeness (QED) is 0.419. The van der Waals surface area contributed by atoms with Crippen LogP contribution in [0.3, 0.4) is 0 Å². The average molecular weight is 508 g/mol. The van der Waals surface area contributed by atoms with Crippen LogP contribution in [0.2, 0.25) is 0 Å². The van der Waals surface area contributed by atoms with Crippen molar-refractivity contribution in [2.45, 2.75) is 38.3 Å². The number of fused-ring (bicyclic) bond motifs is 2. The minimum Gasteiger partial charge on any atom is -0.492 e. The Morgan fingerprint density at radius 2 is 2.24 bits per heavy atom. The number of aromatic nitrogens is 2. The van der Waals surface area contributed by atoms with E-state index < -0.39 is 6.09 Å². The summed E-state index contributed by atoms with van der Waals surface area (Å²) in [5, 5.41) is 15.6. The van der Waals surface area contributed by atoms with E-state index in [1.807, 2.05) is 13.0 Å². The van der Waals surface area contributed by atoms with E-state index in [1.54, 1.807) is 6.07 Å². The number of nitrogens with one attached hydrogen (secondary N) is 2. The summed E-state index contributed by atoms with van der Waals surface area (Å²) in [7, 11) is 0. The molecule has 194 valence electrons.